The lowest BCUT2D eigenvalue weighted by Crippen LogP contribution is -2.35. The van der Waals surface area contributed by atoms with Crippen LogP contribution in [0.5, 0.6) is 5.75 Å². The number of benzene rings is 1. The molecule has 0 aliphatic carbocycles. The van der Waals surface area contributed by atoms with Gasteiger partial charge in [0.2, 0.25) is 5.91 Å². The first-order chi connectivity index (χ1) is 11.3. The van der Waals surface area contributed by atoms with Crippen LogP contribution in [-0.2, 0) is 11.3 Å². The van der Waals surface area contributed by atoms with Crippen molar-refractivity contribution in [1.82, 2.24) is 15.0 Å². The minimum atomic E-state index is -0.267. The normalized spacial score (nSPS) is 17.5. The van der Waals surface area contributed by atoms with Gasteiger partial charge in [-0.1, -0.05) is 0 Å². The number of hydrogen-bond donors (Lipinski definition) is 2. The molecule has 2 aromatic rings. The minimum absolute atomic E-state index is 0.102. The molecule has 3 rings (SSSR count). The van der Waals surface area contributed by atoms with Crippen molar-refractivity contribution in [2.45, 2.75) is 13.0 Å². The van der Waals surface area contributed by atoms with E-state index in [0.717, 1.165) is 17.9 Å². The number of aliphatic hydroxyl groups is 1. The van der Waals surface area contributed by atoms with Crippen LogP contribution in [-0.4, -0.2) is 39.5 Å². The summed E-state index contributed by atoms with van der Waals surface area (Å²) in [6, 6.07) is 7.48. The number of hydrazone groups is 1. The molecule has 23 heavy (non-hydrogen) atoms. The first kappa shape index (κ1) is 15.2. The van der Waals surface area contributed by atoms with Crippen molar-refractivity contribution in [3.05, 3.63) is 48.5 Å². The fourth-order valence-corrected chi connectivity index (χ4v) is 2.44. The van der Waals surface area contributed by atoms with Gasteiger partial charge < -0.3 is 14.4 Å². The number of amides is 1. The summed E-state index contributed by atoms with van der Waals surface area (Å²) < 4.78 is 7.63. The lowest BCUT2D eigenvalue weighted by molar-refractivity contribution is -0.122. The SMILES string of the molecule is O=C1CC(CO)C(c2ccc(OCCn3ccnc3)cc2)=NN1. The number of ether oxygens (including phenoxy) is 1. The molecule has 1 aromatic heterocycles. The highest BCUT2D eigenvalue weighted by Gasteiger charge is 2.24. The molecule has 0 bridgehead atoms. The molecule has 0 saturated heterocycles. The Kier molecular flexibility index (Phi) is 4.68. The summed E-state index contributed by atoms with van der Waals surface area (Å²) in [6.07, 6.45) is 5.61. The van der Waals surface area contributed by atoms with Gasteiger partial charge in [-0.2, -0.15) is 5.10 Å². The van der Waals surface area contributed by atoms with Crippen molar-refractivity contribution in [1.29, 1.82) is 0 Å². The number of aliphatic hydroxyl groups excluding tert-OH is 1. The van der Waals surface area contributed by atoms with E-state index in [4.69, 9.17) is 4.74 Å². The van der Waals surface area contributed by atoms with Crippen LogP contribution < -0.4 is 10.2 Å². The fraction of sp³-hybridized carbons (Fsp3) is 0.312. The Balaban J connectivity index is 1.61. The molecule has 0 radical (unpaired) electrons. The molecule has 1 aliphatic rings. The van der Waals surface area contributed by atoms with Crippen LogP contribution in [0.2, 0.25) is 0 Å². The maximum Gasteiger partial charge on any atom is 0.240 e. The highest BCUT2D eigenvalue weighted by Crippen LogP contribution is 2.19. The smallest absolute Gasteiger partial charge is 0.240 e. The van der Waals surface area contributed by atoms with Gasteiger partial charge in [-0.25, -0.2) is 10.4 Å². The van der Waals surface area contributed by atoms with E-state index in [9.17, 15) is 9.90 Å². The van der Waals surface area contributed by atoms with Gasteiger partial charge in [-0.3, -0.25) is 4.79 Å². The van der Waals surface area contributed by atoms with Crippen LogP contribution >= 0.6 is 0 Å². The topological polar surface area (TPSA) is 88.7 Å². The number of imidazole rings is 1. The third-order valence-electron chi connectivity index (χ3n) is 3.67. The second-order valence-electron chi connectivity index (χ2n) is 5.29. The third kappa shape index (κ3) is 3.75. The number of aromatic nitrogens is 2. The van der Waals surface area contributed by atoms with Gasteiger partial charge in [0.05, 0.1) is 25.2 Å². The summed E-state index contributed by atoms with van der Waals surface area (Å²) in [6.45, 7) is 1.18. The molecule has 1 aliphatic heterocycles. The molecule has 0 saturated carbocycles. The molecule has 2 N–H and O–H groups in total. The van der Waals surface area contributed by atoms with E-state index in [0.29, 0.717) is 12.3 Å². The van der Waals surface area contributed by atoms with E-state index >= 15 is 0 Å². The third-order valence-corrected chi connectivity index (χ3v) is 3.67. The molecule has 1 aromatic carbocycles. The zero-order chi connectivity index (χ0) is 16.1. The first-order valence-corrected chi connectivity index (χ1v) is 7.42. The van der Waals surface area contributed by atoms with E-state index in [1.807, 2.05) is 35.0 Å². The molecule has 2 heterocycles. The number of rotatable bonds is 6. The van der Waals surface area contributed by atoms with E-state index in [2.05, 4.69) is 15.5 Å². The predicted octanol–water partition coefficient (Wildman–Crippen LogP) is 0.795. The summed E-state index contributed by atoms with van der Waals surface area (Å²) in [5, 5.41) is 13.5. The zero-order valence-corrected chi connectivity index (χ0v) is 12.6. The zero-order valence-electron chi connectivity index (χ0n) is 12.6. The molecule has 7 nitrogen and oxygen atoms in total. The number of carbonyl (C=O) groups excluding carboxylic acids is 1. The van der Waals surface area contributed by atoms with Gasteiger partial charge >= 0.3 is 0 Å². The van der Waals surface area contributed by atoms with Crippen LogP contribution in [0.3, 0.4) is 0 Å². The Bertz CT molecular complexity index is 680. The van der Waals surface area contributed by atoms with Gasteiger partial charge in [0.15, 0.2) is 0 Å². The van der Waals surface area contributed by atoms with Crippen LogP contribution in [0, 0.1) is 5.92 Å². The van der Waals surface area contributed by atoms with E-state index in [-0.39, 0.29) is 24.9 Å². The van der Waals surface area contributed by atoms with Crippen LogP contribution in [0.25, 0.3) is 0 Å². The molecular formula is C16H18N4O3. The van der Waals surface area contributed by atoms with E-state index in [1.54, 1.807) is 12.5 Å². The Morgan fingerprint density at radius 2 is 2.17 bits per heavy atom. The minimum Gasteiger partial charge on any atom is -0.492 e. The molecule has 1 unspecified atom stereocenters. The van der Waals surface area contributed by atoms with Crippen LogP contribution in [0.15, 0.2) is 48.1 Å². The van der Waals surface area contributed by atoms with E-state index in [1.165, 1.54) is 0 Å². The quantitative estimate of drug-likeness (QED) is 0.825. The lowest BCUT2D eigenvalue weighted by Gasteiger charge is -2.21. The van der Waals surface area contributed by atoms with Crippen molar-refractivity contribution in [2.24, 2.45) is 11.0 Å². The molecular weight excluding hydrogens is 296 g/mol. The molecule has 7 heteroatoms. The van der Waals surface area contributed by atoms with E-state index < -0.39 is 0 Å². The Labute approximate surface area is 133 Å². The summed E-state index contributed by atoms with van der Waals surface area (Å²) in [7, 11) is 0. The summed E-state index contributed by atoms with van der Waals surface area (Å²) in [5.74, 6) is 0.318. The molecule has 1 atom stereocenters. The predicted molar refractivity (Wildman–Crippen MR) is 84.0 cm³/mol. The Hall–Kier alpha value is -2.67. The van der Waals surface area contributed by atoms with Crippen molar-refractivity contribution >= 4 is 11.6 Å². The highest BCUT2D eigenvalue weighted by atomic mass is 16.5. The number of hydrogen-bond acceptors (Lipinski definition) is 5. The average Bonchev–Trinajstić information content (AvgIpc) is 3.09. The summed E-state index contributed by atoms with van der Waals surface area (Å²) in [4.78, 5) is 15.3. The van der Waals surface area contributed by atoms with Gasteiger partial charge in [0.1, 0.15) is 12.4 Å². The number of carbonyl (C=O) groups is 1. The van der Waals surface area contributed by atoms with Crippen molar-refractivity contribution < 1.29 is 14.6 Å². The van der Waals surface area contributed by atoms with Gasteiger partial charge in [-0.05, 0) is 29.8 Å². The van der Waals surface area contributed by atoms with Crippen molar-refractivity contribution in [3.8, 4) is 5.75 Å². The number of nitrogens with zero attached hydrogens (tertiary/aromatic N) is 3. The molecule has 120 valence electrons. The van der Waals surface area contributed by atoms with Gasteiger partial charge in [0.25, 0.3) is 0 Å². The Morgan fingerprint density at radius 3 is 2.87 bits per heavy atom. The average molecular weight is 314 g/mol. The Morgan fingerprint density at radius 1 is 1.35 bits per heavy atom. The van der Waals surface area contributed by atoms with Gasteiger partial charge in [-0.15, -0.1) is 0 Å². The van der Waals surface area contributed by atoms with Crippen molar-refractivity contribution in [3.63, 3.8) is 0 Å². The maximum atomic E-state index is 11.3. The molecule has 0 spiro atoms. The number of nitrogens with one attached hydrogen (secondary N) is 1. The lowest BCUT2D eigenvalue weighted by atomic mass is 9.93. The molecule has 0 fully saturated rings. The van der Waals surface area contributed by atoms with Gasteiger partial charge in [0, 0.05) is 24.7 Å². The maximum absolute atomic E-state index is 11.3. The van der Waals surface area contributed by atoms with Crippen LogP contribution in [0.4, 0.5) is 0 Å². The van der Waals surface area contributed by atoms with Crippen LogP contribution in [0.1, 0.15) is 12.0 Å². The van der Waals surface area contributed by atoms with Crippen molar-refractivity contribution in [2.75, 3.05) is 13.2 Å². The summed E-state index contributed by atoms with van der Waals surface area (Å²) >= 11 is 0. The molecule has 1 amide bonds. The monoisotopic (exact) mass is 314 g/mol. The second kappa shape index (κ2) is 7.06. The fourth-order valence-electron chi connectivity index (χ4n) is 2.44. The standard InChI is InChI=1S/C16H18N4O3/c21-10-13-9-15(22)18-19-16(13)12-1-3-14(4-2-12)23-8-7-20-6-5-17-11-20/h1-6,11,13,21H,7-10H2,(H,18,22). The summed E-state index contributed by atoms with van der Waals surface area (Å²) in [5.41, 5.74) is 4.02. The largest absolute Gasteiger partial charge is 0.492 e. The first-order valence-electron chi connectivity index (χ1n) is 7.42. The highest BCUT2D eigenvalue weighted by molar-refractivity contribution is 6.06. The second-order valence-corrected chi connectivity index (χ2v) is 5.29.